The Morgan fingerprint density at radius 2 is 1.95 bits per heavy atom. The van der Waals surface area contributed by atoms with E-state index in [1.165, 1.54) is 0 Å². The molecular weight excluding hydrogens is 290 g/mol. The van der Waals surface area contributed by atoms with Gasteiger partial charge in [-0.15, -0.1) is 0 Å². The summed E-state index contributed by atoms with van der Waals surface area (Å²) in [6.07, 6.45) is 2.39. The summed E-state index contributed by atoms with van der Waals surface area (Å²) in [6.45, 7) is -0.221. The maximum absolute atomic E-state index is 12.2. The minimum Gasteiger partial charge on any atom is -0.394 e. The molecule has 0 aromatic heterocycles. The number of hydrogen-bond acceptors (Lipinski definition) is 4. The van der Waals surface area contributed by atoms with E-state index in [9.17, 15) is 14.7 Å². The van der Waals surface area contributed by atoms with Crippen LogP contribution in [0.2, 0.25) is 0 Å². The van der Waals surface area contributed by atoms with Gasteiger partial charge in [0, 0.05) is 0 Å². The predicted molar refractivity (Wildman–Crippen MR) is 83.9 cm³/mol. The molecule has 116 valence electrons. The third-order valence-electron chi connectivity index (χ3n) is 2.94. The van der Waals surface area contributed by atoms with Crippen molar-refractivity contribution in [3.63, 3.8) is 0 Å². The summed E-state index contributed by atoms with van der Waals surface area (Å²) < 4.78 is 0. The predicted octanol–water partition coefficient (Wildman–Crippen LogP) is 0.626. The molecule has 0 spiro atoms. The molecule has 0 heterocycles. The second-order valence-electron chi connectivity index (χ2n) is 4.50. The molecule has 0 radical (unpaired) electrons. The Labute approximate surface area is 128 Å². The van der Waals surface area contributed by atoms with E-state index in [-0.39, 0.29) is 12.5 Å². The highest BCUT2D eigenvalue weighted by Gasteiger charge is 2.22. The fourth-order valence-electron chi connectivity index (χ4n) is 1.87. The van der Waals surface area contributed by atoms with E-state index in [0.717, 1.165) is 5.56 Å². The van der Waals surface area contributed by atoms with Crippen LogP contribution < -0.4 is 16.4 Å². The molecule has 7 heteroatoms. The number of aliphatic hydroxyl groups excluding tert-OH is 1. The van der Waals surface area contributed by atoms with Crippen molar-refractivity contribution >= 4 is 23.7 Å². The van der Waals surface area contributed by atoms with Crippen molar-refractivity contribution in [1.29, 1.82) is 0 Å². The first-order valence-electron chi connectivity index (χ1n) is 6.59. The van der Waals surface area contributed by atoms with Crippen LogP contribution in [0.4, 0.5) is 4.79 Å². The van der Waals surface area contributed by atoms with Crippen LogP contribution in [0.5, 0.6) is 0 Å². The molecule has 3 amide bonds. The van der Waals surface area contributed by atoms with Gasteiger partial charge in [0.15, 0.2) is 0 Å². The number of rotatable bonds is 8. The summed E-state index contributed by atoms with van der Waals surface area (Å²) in [7, 11) is 0. The SMILES string of the molecule is CSCCC(NC(N)=O)C(=O)N[C@H](CO)c1ccccc1. The minimum absolute atomic E-state index is 0.221. The number of carbonyl (C=O) groups is 2. The van der Waals surface area contributed by atoms with Crippen molar-refractivity contribution in [1.82, 2.24) is 10.6 Å². The molecule has 2 atom stereocenters. The number of nitrogens with one attached hydrogen (secondary N) is 2. The zero-order chi connectivity index (χ0) is 15.7. The number of aliphatic hydroxyl groups is 1. The fourth-order valence-corrected chi connectivity index (χ4v) is 2.34. The Hall–Kier alpha value is -1.73. The molecule has 1 rings (SSSR count). The highest BCUT2D eigenvalue weighted by Crippen LogP contribution is 2.12. The van der Waals surface area contributed by atoms with Gasteiger partial charge in [0.1, 0.15) is 6.04 Å². The van der Waals surface area contributed by atoms with E-state index >= 15 is 0 Å². The van der Waals surface area contributed by atoms with Crippen molar-refractivity contribution in [2.75, 3.05) is 18.6 Å². The van der Waals surface area contributed by atoms with Gasteiger partial charge in [-0.05, 0) is 24.0 Å². The Kier molecular flexibility index (Phi) is 7.63. The molecule has 1 unspecified atom stereocenters. The van der Waals surface area contributed by atoms with Gasteiger partial charge in [0.2, 0.25) is 5.91 Å². The Morgan fingerprint density at radius 3 is 2.48 bits per heavy atom. The Morgan fingerprint density at radius 1 is 1.29 bits per heavy atom. The summed E-state index contributed by atoms with van der Waals surface area (Å²) in [6, 6.07) is 7.21. The lowest BCUT2D eigenvalue weighted by Gasteiger charge is -2.22. The molecule has 0 bridgehead atoms. The van der Waals surface area contributed by atoms with E-state index in [4.69, 9.17) is 5.73 Å². The van der Waals surface area contributed by atoms with Gasteiger partial charge >= 0.3 is 6.03 Å². The van der Waals surface area contributed by atoms with Crippen molar-refractivity contribution < 1.29 is 14.7 Å². The monoisotopic (exact) mass is 311 g/mol. The fraction of sp³-hybridized carbons (Fsp3) is 0.429. The minimum atomic E-state index is -0.739. The smallest absolute Gasteiger partial charge is 0.312 e. The van der Waals surface area contributed by atoms with Crippen LogP contribution in [0.1, 0.15) is 18.0 Å². The Balaban J connectivity index is 2.71. The molecular formula is C14H21N3O3S. The molecule has 0 aliphatic heterocycles. The maximum atomic E-state index is 12.2. The third kappa shape index (κ3) is 6.05. The van der Waals surface area contributed by atoms with Gasteiger partial charge in [0.25, 0.3) is 0 Å². The summed E-state index contributed by atoms with van der Waals surface area (Å²) in [5.74, 6) is 0.360. The molecule has 0 fully saturated rings. The largest absolute Gasteiger partial charge is 0.394 e. The Bertz CT molecular complexity index is 456. The molecule has 6 nitrogen and oxygen atoms in total. The van der Waals surface area contributed by atoms with Gasteiger partial charge < -0.3 is 21.5 Å². The molecule has 0 aliphatic rings. The summed E-state index contributed by atoms with van der Waals surface area (Å²) in [4.78, 5) is 23.2. The molecule has 0 saturated heterocycles. The van der Waals surface area contributed by atoms with Gasteiger partial charge in [0.05, 0.1) is 12.6 Å². The first-order chi connectivity index (χ1) is 10.1. The van der Waals surface area contributed by atoms with Crippen molar-refractivity contribution in [2.45, 2.75) is 18.5 Å². The number of nitrogens with two attached hydrogens (primary N) is 1. The quantitative estimate of drug-likeness (QED) is 0.565. The topological polar surface area (TPSA) is 104 Å². The highest BCUT2D eigenvalue weighted by molar-refractivity contribution is 7.98. The van der Waals surface area contributed by atoms with Crippen LogP contribution in [0.25, 0.3) is 0 Å². The van der Waals surface area contributed by atoms with Crippen LogP contribution in [-0.2, 0) is 4.79 Å². The highest BCUT2D eigenvalue weighted by atomic mass is 32.2. The number of carbonyl (C=O) groups excluding carboxylic acids is 2. The van der Waals surface area contributed by atoms with Crippen LogP contribution >= 0.6 is 11.8 Å². The van der Waals surface area contributed by atoms with E-state index in [0.29, 0.717) is 12.2 Å². The third-order valence-corrected chi connectivity index (χ3v) is 3.59. The van der Waals surface area contributed by atoms with Crippen LogP contribution in [-0.4, -0.2) is 41.7 Å². The van der Waals surface area contributed by atoms with E-state index in [1.54, 1.807) is 11.8 Å². The number of benzene rings is 1. The lowest BCUT2D eigenvalue weighted by Crippen LogP contribution is -2.50. The zero-order valence-electron chi connectivity index (χ0n) is 11.9. The summed E-state index contributed by atoms with van der Waals surface area (Å²) >= 11 is 1.57. The average Bonchev–Trinajstić information content (AvgIpc) is 2.49. The van der Waals surface area contributed by atoms with E-state index in [2.05, 4.69) is 10.6 Å². The first kappa shape index (κ1) is 17.3. The normalized spacial score (nSPS) is 13.2. The lowest BCUT2D eigenvalue weighted by molar-refractivity contribution is -0.124. The second-order valence-corrected chi connectivity index (χ2v) is 5.48. The number of amides is 3. The van der Waals surface area contributed by atoms with Gasteiger partial charge in [-0.3, -0.25) is 4.79 Å². The van der Waals surface area contributed by atoms with E-state index in [1.807, 2.05) is 36.6 Å². The van der Waals surface area contributed by atoms with Gasteiger partial charge in [-0.1, -0.05) is 30.3 Å². The van der Waals surface area contributed by atoms with Gasteiger partial charge in [-0.25, -0.2) is 4.79 Å². The molecule has 0 aliphatic carbocycles. The van der Waals surface area contributed by atoms with Crippen LogP contribution in [0.15, 0.2) is 30.3 Å². The molecule has 1 aromatic rings. The van der Waals surface area contributed by atoms with Crippen molar-refractivity contribution in [2.24, 2.45) is 5.73 Å². The second kappa shape index (κ2) is 9.25. The van der Waals surface area contributed by atoms with Crippen molar-refractivity contribution in [3.05, 3.63) is 35.9 Å². The standard InChI is InChI=1S/C14H21N3O3S/c1-21-8-7-11(17-14(15)20)13(19)16-12(9-18)10-5-3-2-4-6-10/h2-6,11-12,18H,7-9H2,1H3,(H,16,19)(H3,15,17,20)/t11?,12-/m1/s1. The summed E-state index contributed by atoms with van der Waals surface area (Å²) in [5.41, 5.74) is 5.89. The van der Waals surface area contributed by atoms with Crippen molar-refractivity contribution in [3.8, 4) is 0 Å². The maximum Gasteiger partial charge on any atom is 0.312 e. The zero-order valence-corrected chi connectivity index (χ0v) is 12.7. The molecule has 0 saturated carbocycles. The number of hydrogen-bond donors (Lipinski definition) is 4. The van der Waals surface area contributed by atoms with Gasteiger partial charge in [-0.2, -0.15) is 11.8 Å². The molecule has 21 heavy (non-hydrogen) atoms. The number of primary amides is 1. The number of urea groups is 1. The first-order valence-corrected chi connectivity index (χ1v) is 7.99. The number of thioether (sulfide) groups is 1. The lowest BCUT2D eigenvalue weighted by atomic mass is 10.1. The summed E-state index contributed by atoms with van der Waals surface area (Å²) in [5, 5.41) is 14.6. The molecule has 5 N–H and O–H groups in total. The average molecular weight is 311 g/mol. The molecule has 1 aromatic carbocycles. The van der Waals surface area contributed by atoms with Crippen LogP contribution in [0, 0.1) is 0 Å². The van der Waals surface area contributed by atoms with E-state index < -0.39 is 18.1 Å². The van der Waals surface area contributed by atoms with Crippen LogP contribution in [0.3, 0.4) is 0 Å².